The predicted molar refractivity (Wildman–Crippen MR) is 67.9 cm³/mol. The molecule has 1 rings (SSSR count). The summed E-state index contributed by atoms with van der Waals surface area (Å²) in [7, 11) is 0. The highest BCUT2D eigenvalue weighted by Crippen LogP contribution is 2.37. The fourth-order valence-electron chi connectivity index (χ4n) is 1.92. The van der Waals surface area contributed by atoms with E-state index in [1.54, 1.807) is 6.07 Å². The van der Waals surface area contributed by atoms with Gasteiger partial charge in [0.2, 0.25) is 0 Å². The fraction of sp³-hybridized carbons (Fsp3) is 0.500. The molecule has 0 amide bonds. The van der Waals surface area contributed by atoms with Crippen LogP contribution in [0.15, 0.2) is 12.1 Å². The van der Waals surface area contributed by atoms with Crippen LogP contribution in [-0.2, 0) is 5.41 Å². The lowest BCUT2D eigenvalue weighted by Crippen LogP contribution is -2.15. The zero-order chi connectivity index (χ0) is 13.4. The highest BCUT2D eigenvalue weighted by atomic mass is 16.4. The van der Waals surface area contributed by atoms with Crippen LogP contribution in [0.3, 0.4) is 0 Å². The minimum Gasteiger partial charge on any atom is -0.507 e. The summed E-state index contributed by atoms with van der Waals surface area (Å²) in [6.07, 6.45) is 0. The maximum Gasteiger partial charge on any atom is 0.339 e. The maximum atomic E-state index is 11.3. The molecule has 1 aromatic rings. The van der Waals surface area contributed by atoms with E-state index >= 15 is 0 Å². The third-order valence-electron chi connectivity index (χ3n) is 2.85. The largest absolute Gasteiger partial charge is 0.507 e. The molecule has 0 saturated heterocycles. The first kappa shape index (κ1) is 13.6. The van der Waals surface area contributed by atoms with Crippen molar-refractivity contribution in [2.45, 2.75) is 46.0 Å². The van der Waals surface area contributed by atoms with Crippen molar-refractivity contribution in [3.05, 3.63) is 28.8 Å². The average Bonchev–Trinajstić information content (AvgIpc) is 2.13. The lowest BCUT2D eigenvalue weighted by molar-refractivity contribution is 0.0691. The molecule has 0 unspecified atom stereocenters. The van der Waals surface area contributed by atoms with Gasteiger partial charge in [-0.1, -0.05) is 46.8 Å². The molecule has 94 valence electrons. The number of carboxylic acid groups (broad SMARTS) is 1. The molecule has 0 spiro atoms. The van der Waals surface area contributed by atoms with Gasteiger partial charge in [-0.15, -0.1) is 0 Å². The van der Waals surface area contributed by atoms with Crippen molar-refractivity contribution >= 4 is 5.97 Å². The summed E-state index contributed by atoms with van der Waals surface area (Å²) in [5.74, 6) is -1.10. The molecule has 0 aromatic heterocycles. The molecule has 3 nitrogen and oxygen atoms in total. The quantitative estimate of drug-likeness (QED) is 0.826. The lowest BCUT2D eigenvalue weighted by Gasteiger charge is -2.23. The normalized spacial score (nSPS) is 11.9. The number of hydrogen-bond donors (Lipinski definition) is 2. The van der Waals surface area contributed by atoms with Crippen LogP contribution in [0.2, 0.25) is 0 Å². The second-order valence-electron chi connectivity index (χ2n) is 5.64. The Morgan fingerprint density at radius 2 is 1.76 bits per heavy atom. The van der Waals surface area contributed by atoms with E-state index in [-0.39, 0.29) is 22.6 Å². The summed E-state index contributed by atoms with van der Waals surface area (Å²) in [6.45, 7) is 9.67. The summed E-state index contributed by atoms with van der Waals surface area (Å²) in [4.78, 5) is 11.3. The SMILES string of the molecule is CC(C)c1ccc(C(C)(C)C)c(O)c1C(=O)O. The number of aromatic hydroxyl groups is 1. The summed E-state index contributed by atoms with van der Waals surface area (Å²) in [6, 6.07) is 3.62. The van der Waals surface area contributed by atoms with E-state index in [1.165, 1.54) is 0 Å². The summed E-state index contributed by atoms with van der Waals surface area (Å²) in [5.41, 5.74) is 1.10. The van der Waals surface area contributed by atoms with Crippen molar-refractivity contribution in [2.24, 2.45) is 0 Å². The van der Waals surface area contributed by atoms with E-state index in [2.05, 4.69) is 0 Å². The Balaban J connectivity index is 3.56. The van der Waals surface area contributed by atoms with Gasteiger partial charge in [0.25, 0.3) is 0 Å². The number of carboxylic acids is 1. The Kier molecular flexibility index (Phi) is 3.51. The van der Waals surface area contributed by atoms with Crippen LogP contribution in [0.25, 0.3) is 0 Å². The zero-order valence-corrected chi connectivity index (χ0v) is 11.0. The van der Waals surface area contributed by atoms with Gasteiger partial charge in [0.15, 0.2) is 0 Å². The molecule has 2 N–H and O–H groups in total. The summed E-state index contributed by atoms with van der Waals surface area (Å²) >= 11 is 0. The second-order valence-corrected chi connectivity index (χ2v) is 5.64. The molecule has 0 atom stereocenters. The third kappa shape index (κ3) is 2.60. The van der Waals surface area contributed by atoms with Crippen LogP contribution in [0.1, 0.15) is 62.0 Å². The highest BCUT2D eigenvalue weighted by Gasteiger charge is 2.25. The molecule has 0 bridgehead atoms. The predicted octanol–water partition coefficient (Wildman–Crippen LogP) is 3.51. The van der Waals surface area contributed by atoms with Gasteiger partial charge >= 0.3 is 5.97 Å². The van der Waals surface area contributed by atoms with Gasteiger partial charge in [-0.25, -0.2) is 4.79 Å². The van der Waals surface area contributed by atoms with E-state index in [9.17, 15) is 15.0 Å². The Hall–Kier alpha value is -1.51. The molecular weight excluding hydrogens is 216 g/mol. The Morgan fingerprint density at radius 3 is 2.12 bits per heavy atom. The number of rotatable bonds is 2. The average molecular weight is 236 g/mol. The number of aromatic carboxylic acids is 1. The molecule has 0 radical (unpaired) electrons. The molecular formula is C14H20O3. The topological polar surface area (TPSA) is 57.5 Å². The van der Waals surface area contributed by atoms with Crippen molar-refractivity contribution in [1.82, 2.24) is 0 Å². The molecule has 0 saturated carbocycles. The van der Waals surface area contributed by atoms with E-state index < -0.39 is 5.97 Å². The minimum atomic E-state index is -1.07. The Morgan fingerprint density at radius 1 is 1.24 bits per heavy atom. The number of benzene rings is 1. The van der Waals surface area contributed by atoms with Gasteiger partial charge in [0.05, 0.1) is 0 Å². The molecule has 3 heteroatoms. The first-order valence-corrected chi connectivity index (χ1v) is 5.76. The molecule has 0 aliphatic rings. The smallest absolute Gasteiger partial charge is 0.339 e. The summed E-state index contributed by atoms with van der Waals surface area (Å²) in [5, 5.41) is 19.4. The van der Waals surface area contributed by atoms with Gasteiger partial charge in [-0.05, 0) is 16.9 Å². The van der Waals surface area contributed by atoms with Crippen LogP contribution in [0, 0.1) is 0 Å². The van der Waals surface area contributed by atoms with Crippen molar-refractivity contribution in [2.75, 3.05) is 0 Å². The molecule has 0 heterocycles. The van der Waals surface area contributed by atoms with Crippen molar-refractivity contribution in [1.29, 1.82) is 0 Å². The number of phenols is 1. The fourth-order valence-corrected chi connectivity index (χ4v) is 1.92. The monoisotopic (exact) mass is 236 g/mol. The van der Waals surface area contributed by atoms with Crippen LogP contribution >= 0.6 is 0 Å². The van der Waals surface area contributed by atoms with Gasteiger partial charge < -0.3 is 10.2 Å². The molecule has 0 aliphatic carbocycles. The maximum absolute atomic E-state index is 11.3. The summed E-state index contributed by atoms with van der Waals surface area (Å²) < 4.78 is 0. The van der Waals surface area contributed by atoms with E-state index in [0.29, 0.717) is 11.1 Å². The minimum absolute atomic E-state index is 0.0347. The Bertz CT molecular complexity index is 440. The van der Waals surface area contributed by atoms with Gasteiger partial charge in [-0.3, -0.25) is 0 Å². The number of hydrogen-bond acceptors (Lipinski definition) is 2. The van der Waals surface area contributed by atoms with Gasteiger partial charge in [-0.2, -0.15) is 0 Å². The number of carbonyl (C=O) groups is 1. The van der Waals surface area contributed by atoms with Crippen molar-refractivity contribution in [3.63, 3.8) is 0 Å². The molecule has 17 heavy (non-hydrogen) atoms. The zero-order valence-electron chi connectivity index (χ0n) is 11.0. The highest BCUT2D eigenvalue weighted by molar-refractivity contribution is 5.93. The second kappa shape index (κ2) is 4.40. The third-order valence-corrected chi connectivity index (χ3v) is 2.85. The lowest BCUT2D eigenvalue weighted by atomic mass is 9.82. The van der Waals surface area contributed by atoms with Crippen LogP contribution < -0.4 is 0 Å². The van der Waals surface area contributed by atoms with E-state index in [0.717, 1.165) is 0 Å². The molecule has 1 aromatic carbocycles. The first-order valence-electron chi connectivity index (χ1n) is 5.76. The van der Waals surface area contributed by atoms with E-state index in [4.69, 9.17) is 0 Å². The van der Waals surface area contributed by atoms with Crippen molar-refractivity contribution < 1.29 is 15.0 Å². The van der Waals surface area contributed by atoms with Gasteiger partial charge in [0, 0.05) is 5.56 Å². The first-order chi connectivity index (χ1) is 7.66. The van der Waals surface area contributed by atoms with Crippen LogP contribution in [0.4, 0.5) is 0 Å². The molecule has 0 aliphatic heterocycles. The van der Waals surface area contributed by atoms with E-state index in [1.807, 2.05) is 40.7 Å². The van der Waals surface area contributed by atoms with Crippen molar-refractivity contribution in [3.8, 4) is 5.75 Å². The Labute approximate surface area is 102 Å². The van der Waals surface area contributed by atoms with Crippen LogP contribution in [0.5, 0.6) is 5.75 Å². The van der Waals surface area contributed by atoms with Crippen LogP contribution in [-0.4, -0.2) is 16.2 Å². The molecule has 0 fully saturated rings. The standard InChI is InChI=1S/C14H20O3/c1-8(2)9-6-7-10(14(3,4)5)12(15)11(9)13(16)17/h6-8,15H,1-5H3,(H,16,17). The van der Waals surface area contributed by atoms with Gasteiger partial charge in [0.1, 0.15) is 11.3 Å².